The molecule has 0 aliphatic carbocycles. The number of methoxy groups -OCH3 is 1. The molecule has 0 spiro atoms. The molecule has 2 fully saturated rings. The Morgan fingerprint density at radius 2 is 1.97 bits per heavy atom. The van der Waals surface area contributed by atoms with E-state index >= 15 is 0 Å². The minimum atomic E-state index is -0.551. The summed E-state index contributed by atoms with van der Waals surface area (Å²) in [5, 5.41) is 0.715. The molecule has 0 unspecified atom stereocenters. The summed E-state index contributed by atoms with van der Waals surface area (Å²) in [6, 6.07) is 5.75. The van der Waals surface area contributed by atoms with Crippen molar-refractivity contribution >= 4 is 40.7 Å². The van der Waals surface area contributed by atoms with Gasteiger partial charge in [0, 0.05) is 55.0 Å². The first-order chi connectivity index (χ1) is 16.8. The number of rotatable bonds is 6. The number of piperidine rings is 1. The number of benzene rings is 1. The van der Waals surface area contributed by atoms with Crippen LogP contribution in [0.25, 0.3) is 0 Å². The van der Waals surface area contributed by atoms with E-state index in [1.807, 2.05) is 0 Å². The highest BCUT2D eigenvalue weighted by Gasteiger charge is 2.34. The Morgan fingerprint density at radius 3 is 2.63 bits per heavy atom. The largest absolute Gasteiger partial charge is 0.465 e. The van der Waals surface area contributed by atoms with E-state index < -0.39 is 5.97 Å². The zero-order chi connectivity index (χ0) is 25.1. The standard InChI is InChI=1S/C25H32Cl2FN5O2/c1-3-18-15-32(24-22(27)23(29)20(13-30-24)25(34)35-2)10-11-33(18)19-6-8-31(9-7-19)14-16-4-5-17(26)12-21(16)28/h4-5,12-13,18-19H,3,6-11,14-15H2,1-2H3,(H2,29,30)/t18-/m0/s1. The molecule has 1 aromatic heterocycles. The molecule has 2 aromatic rings. The Balaban J connectivity index is 1.37. The third-order valence-corrected chi connectivity index (χ3v) is 7.79. The minimum absolute atomic E-state index is 0.178. The molecule has 2 aliphatic heterocycles. The minimum Gasteiger partial charge on any atom is -0.465 e. The van der Waals surface area contributed by atoms with E-state index in [-0.39, 0.29) is 17.1 Å². The number of anilines is 2. The number of hydrogen-bond acceptors (Lipinski definition) is 7. The van der Waals surface area contributed by atoms with Crippen molar-refractivity contribution in [3.8, 4) is 0 Å². The number of aromatic nitrogens is 1. The topological polar surface area (TPSA) is 74.9 Å². The Hall–Kier alpha value is -2.13. The van der Waals surface area contributed by atoms with Gasteiger partial charge >= 0.3 is 5.97 Å². The van der Waals surface area contributed by atoms with Crippen LogP contribution in [0.5, 0.6) is 0 Å². The van der Waals surface area contributed by atoms with Gasteiger partial charge < -0.3 is 15.4 Å². The van der Waals surface area contributed by atoms with E-state index in [0.717, 1.165) is 52.0 Å². The molecule has 35 heavy (non-hydrogen) atoms. The number of carbonyl (C=O) groups excluding carboxylic acids is 1. The van der Waals surface area contributed by atoms with Crippen molar-refractivity contribution in [1.29, 1.82) is 0 Å². The van der Waals surface area contributed by atoms with Gasteiger partial charge in [-0.15, -0.1) is 0 Å². The predicted molar refractivity (Wildman–Crippen MR) is 138 cm³/mol. The number of nitrogens with zero attached hydrogens (tertiary/aromatic N) is 4. The van der Waals surface area contributed by atoms with E-state index in [0.29, 0.717) is 40.1 Å². The first-order valence-electron chi connectivity index (χ1n) is 12.0. The summed E-state index contributed by atoms with van der Waals surface area (Å²) in [4.78, 5) is 23.4. The second-order valence-corrected chi connectivity index (χ2v) is 10.0. The number of piperazine rings is 1. The molecule has 3 heterocycles. The van der Waals surface area contributed by atoms with Gasteiger partial charge in [-0.25, -0.2) is 14.2 Å². The summed E-state index contributed by atoms with van der Waals surface area (Å²) < 4.78 is 19.0. The summed E-state index contributed by atoms with van der Waals surface area (Å²) in [7, 11) is 1.30. The Kier molecular flexibility index (Phi) is 8.37. The Morgan fingerprint density at radius 1 is 1.23 bits per heavy atom. The lowest BCUT2D eigenvalue weighted by Gasteiger charge is -2.47. The number of nitrogen functional groups attached to an aromatic ring is 1. The molecule has 1 aromatic carbocycles. The van der Waals surface area contributed by atoms with Crippen LogP contribution in [0.3, 0.4) is 0 Å². The van der Waals surface area contributed by atoms with Gasteiger partial charge in [0.25, 0.3) is 0 Å². The van der Waals surface area contributed by atoms with Crippen LogP contribution in [0.2, 0.25) is 10.0 Å². The van der Waals surface area contributed by atoms with Gasteiger partial charge in [-0.3, -0.25) is 9.80 Å². The molecule has 2 N–H and O–H groups in total. The Labute approximate surface area is 215 Å². The second kappa shape index (κ2) is 11.3. The number of hydrogen-bond donors (Lipinski definition) is 1. The molecular formula is C25H32Cl2FN5O2. The van der Waals surface area contributed by atoms with Crippen molar-refractivity contribution < 1.29 is 13.9 Å². The van der Waals surface area contributed by atoms with Crippen molar-refractivity contribution in [3.05, 3.63) is 51.4 Å². The number of carbonyl (C=O) groups is 1. The fourth-order valence-corrected chi connectivity index (χ4v) is 5.62. The number of nitrogens with two attached hydrogens (primary N) is 1. The van der Waals surface area contributed by atoms with Crippen molar-refractivity contribution in [3.63, 3.8) is 0 Å². The average molecular weight is 524 g/mol. The normalized spacial score (nSPS) is 20.3. The van der Waals surface area contributed by atoms with Gasteiger partial charge in [0.05, 0.1) is 12.8 Å². The quantitative estimate of drug-likeness (QED) is 0.560. The zero-order valence-corrected chi connectivity index (χ0v) is 21.7. The maximum Gasteiger partial charge on any atom is 0.341 e. The molecule has 10 heteroatoms. The lowest BCUT2D eigenvalue weighted by Crippen LogP contribution is -2.58. The van der Waals surface area contributed by atoms with E-state index in [4.69, 9.17) is 33.7 Å². The molecule has 190 valence electrons. The van der Waals surface area contributed by atoms with Crippen LogP contribution in [0.1, 0.15) is 42.1 Å². The number of halogens is 3. The monoisotopic (exact) mass is 523 g/mol. The average Bonchev–Trinajstić information content (AvgIpc) is 2.87. The van der Waals surface area contributed by atoms with Crippen molar-refractivity contribution in [2.45, 2.75) is 44.8 Å². The highest BCUT2D eigenvalue weighted by Crippen LogP contribution is 2.34. The van der Waals surface area contributed by atoms with Crippen LogP contribution < -0.4 is 10.6 Å². The van der Waals surface area contributed by atoms with E-state index in [1.54, 1.807) is 12.1 Å². The van der Waals surface area contributed by atoms with Crippen LogP contribution >= 0.6 is 23.2 Å². The summed E-state index contributed by atoms with van der Waals surface area (Å²) >= 11 is 12.4. The molecule has 0 saturated carbocycles. The predicted octanol–water partition coefficient (Wildman–Crippen LogP) is 4.46. The van der Waals surface area contributed by atoms with E-state index in [1.165, 1.54) is 19.4 Å². The molecule has 2 saturated heterocycles. The summed E-state index contributed by atoms with van der Waals surface area (Å²) in [5.74, 6) is -0.186. The maximum absolute atomic E-state index is 14.2. The fourth-order valence-electron chi connectivity index (χ4n) is 5.19. The molecule has 2 aliphatic rings. The van der Waals surface area contributed by atoms with Crippen molar-refractivity contribution in [2.24, 2.45) is 0 Å². The fraction of sp³-hybridized carbons (Fsp3) is 0.520. The van der Waals surface area contributed by atoms with Crippen LogP contribution in [-0.4, -0.2) is 72.7 Å². The van der Waals surface area contributed by atoms with Crippen LogP contribution in [-0.2, 0) is 11.3 Å². The SMILES string of the molecule is CC[C@H]1CN(c2ncc(C(=O)OC)c(N)c2Cl)CCN1C1CCN(Cc2ccc(Cl)cc2F)CC1. The van der Waals surface area contributed by atoms with Gasteiger partial charge in [0.15, 0.2) is 0 Å². The molecule has 4 rings (SSSR count). The molecule has 7 nitrogen and oxygen atoms in total. The molecule has 1 atom stereocenters. The zero-order valence-electron chi connectivity index (χ0n) is 20.1. The van der Waals surface area contributed by atoms with Crippen molar-refractivity contribution in [1.82, 2.24) is 14.8 Å². The van der Waals surface area contributed by atoms with Gasteiger partial charge in [-0.1, -0.05) is 36.2 Å². The number of ether oxygens (including phenoxy) is 1. The highest BCUT2D eigenvalue weighted by atomic mass is 35.5. The smallest absolute Gasteiger partial charge is 0.341 e. The molecule has 0 amide bonds. The van der Waals surface area contributed by atoms with Gasteiger partial charge in [0.2, 0.25) is 0 Å². The molecule has 0 bridgehead atoms. The number of pyridine rings is 1. The first kappa shape index (κ1) is 25.9. The third kappa shape index (κ3) is 5.66. The third-order valence-electron chi connectivity index (χ3n) is 7.18. The maximum atomic E-state index is 14.2. The first-order valence-corrected chi connectivity index (χ1v) is 12.8. The van der Waals surface area contributed by atoms with E-state index in [2.05, 4.69) is 26.6 Å². The van der Waals surface area contributed by atoms with Crippen LogP contribution in [0.15, 0.2) is 24.4 Å². The summed E-state index contributed by atoms with van der Waals surface area (Å²) in [6.45, 7) is 7.13. The van der Waals surface area contributed by atoms with Gasteiger partial charge in [0.1, 0.15) is 22.2 Å². The highest BCUT2D eigenvalue weighted by molar-refractivity contribution is 6.36. The van der Waals surface area contributed by atoms with Crippen molar-refractivity contribution in [2.75, 3.05) is 50.5 Å². The van der Waals surface area contributed by atoms with Crippen LogP contribution in [0, 0.1) is 5.82 Å². The van der Waals surface area contributed by atoms with Gasteiger partial charge in [-0.2, -0.15) is 0 Å². The number of likely N-dealkylation sites (tertiary alicyclic amines) is 1. The lowest BCUT2D eigenvalue weighted by atomic mass is 9.97. The van der Waals surface area contributed by atoms with Crippen LogP contribution in [0.4, 0.5) is 15.9 Å². The molecular weight excluding hydrogens is 492 g/mol. The summed E-state index contributed by atoms with van der Waals surface area (Å²) in [5.41, 5.74) is 7.18. The molecule has 0 radical (unpaired) electrons. The van der Waals surface area contributed by atoms with Gasteiger partial charge in [-0.05, 0) is 44.5 Å². The number of esters is 1. The Bertz CT molecular complexity index is 1060. The lowest BCUT2D eigenvalue weighted by molar-refractivity contribution is 0.0599. The summed E-state index contributed by atoms with van der Waals surface area (Å²) in [6.07, 6.45) is 4.53. The van der Waals surface area contributed by atoms with E-state index in [9.17, 15) is 9.18 Å². The second-order valence-electron chi connectivity index (χ2n) is 9.20.